The first-order valence-corrected chi connectivity index (χ1v) is 7.46. The first-order valence-electron chi connectivity index (χ1n) is 7.46. The number of aliphatic hydroxyl groups is 1. The third-order valence-electron chi connectivity index (χ3n) is 5.37. The second kappa shape index (κ2) is 5.27. The number of likely N-dealkylation sites (tertiary alicyclic amines) is 1. The Balaban J connectivity index is 1.91. The van der Waals surface area contributed by atoms with Gasteiger partial charge in [0, 0.05) is 6.04 Å². The average molecular weight is 239 g/mol. The third-order valence-corrected chi connectivity index (χ3v) is 5.37. The Bertz CT molecular complexity index is 245. The predicted molar refractivity (Wildman–Crippen MR) is 72.0 cm³/mol. The topological polar surface area (TPSA) is 23.5 Å². The monoisotopic (exact) mass is 239 g/mol. The molecule has 1 heterocycles. The van der Waals surface area contributed by atoms with Gasteiger partial charge in [-0.3, -0.25) is 4.90 Å². The molecule has 2 aliphatic rings. The number of aliphatic hydroxyl groups excluding tert-OH is 1. The summed E-state index contributed by atoms with van der Waals surface area (Å²) in [5.41, 5.74) is 0.557. The Labute approximate surface area is 106 Å². The average Bonchev–Trinajstić information content (AvgIpc) is 2.34. The van der Waals surface area contributed by atoms with E-state index in [1.807, 2.05) is 0 Å². The second-order valence-electron chi connectivity index (χ2n) is 6.75. The summed E-state index contributed by atoms with van der Waals surface area (Å²) in [6.45, 7) is 9.45. The van der Waals surface area contributed by atoms with E-state index in [-0.39, 0.29) is 6.10 Å². The van der Waals surface area contributed by atoms with Crippen LogP contribution in [0.1, 0.15) is 59.3 Å². The maximum Gasteiger partial charge on any atom is 0.0695 e. The van der Waals surface area contributed by atoms with Crippen LogP contribution in [0.25, 0.3) is 0 Å². The molecule has 2 heteroatoms. The van der Waals surface area contributed by atoms with E-state index in [1.165, 1.54) is 45.2 Å². The zero-order valence-electron chi connectivity index (χ0n) is 11.8. The summed E-state index contributed by atoms with van der Waals surface area (Å²) in [7, 11) is 0. The molecule has 17 heavy (non-hydrogen) atoms. The van der Waals surface area contributed by atoms with Gasteiger partial charge in [-0.1, -0.05) is 27.2 Å². The van der Waals surface area contributed by atoms with Crippen molar-refractivity contribution in [1.29, 1.82) is 0 Å². The molecule has 0 aromatic rings. The smallest absolute Gasteiger partial charge is 0.0695 e. The first-order chi connectivity index (χ1) is 8.04. The van der Waals surface area contributed by atoms with E-state index in [9.17, 15) is 5.11 Å². The Morgan fingerprint density at radius 2 is 1.88 bits per heavy atom. The molecule has 1 saturated heterocycles. The van der Waals surface area contributed by atoms with Gasteiger partial charge >= 0.3 is 0 Å². The third kappa shape index (κ3) is 3.03. The molecule has 2 fully saturated rings. The minimum atomic E-state index is -0.0721. The molecule has 3 atom stereocenters. The molecular weight excluding hydrogens is 210 g/mol. The lowest BCUT2D eigenvalue weighted by Crippen LogP contribution is -2.51. The summed E-state index contributed by atoms with van der Waals surface area (Å²) in [6, 6.07) is 0.445. The van der Waals surface area contributed by atoms with E-state index in [2.05, 4.69) is 25.7 Å². The van der Waals surface area contributed by atoms with Gasteiger partial charge in [0.2, 0.25) is 0 Å². The van der Waals surface area contributed by atoms with Crippen molar-refractivity contribution in [3.63, 3.8) is 0 Å². The summed E-state index contributed by atoms with van der Waals surface area (Å²) < 4.78 is 0. The molecule has 0 bridgehead atoms. The van der Waals surface area contributed by atoms with E-state index >= 15 is 0 Å². The van der Waals surface area contributed by atoms with Crippen LogP contribution in [-0.2, 0) is 0 Å². The first kappa shape index (κ1) is 13.4. The number of hydrogen-bond acceptors (Lipinski definition) is 2. The van der Waals surface area contributed by atoms with Crippen LogP contribution in [0, 0.1) is 11.3 Å². The minimum absolute atomic E-state index is 0.0721. The summed E-state index contributed by atoms with van der Waals surface area (Å²) in [5, 5.41) is 10.2. The van der Waals surface area contributed by atoms with Crippen LogP contribution in [0.5, 0.6) is 0 Å². The highest BCUT2D eigenvalue weighted by Gasteiger charge is 2.36. The van der Waals surface area contributed by atoms with Crippen molar-refractivity contribution in [3.05, 3.63) is 0 Å². The summed E-state index contributed by atoms with van der Waals surface area (Å²) in [5.74, 6) is 0.794. The van der Waals surface area contributed by atoms with Crippen LogP contribution in [0.2, 0.25) is 0 Å². The van der Waals surface area contributed by atoms with Gasteiger partial charge in [0.05, 0.1) is 6.10 Å². The van der Waals surface area contributed by atoms with Crippen molar-refractivity contribution in [2.45, 2.75) is 71.4 Å². The van der Waals surface area contributed by atoms with Gasteiger partial charge in [0.25, 0.3) is 0 Å². The molecular formula is C15H29NO. The van der Waals surface area contributed by atoms with Crippen molar-refractivity contribution in [2.75, 3.05) is 13.1 Å². The van der Waals surface area contributed by atoms with Crippen LogP contribution in [0.4, 0.5) is 0 Å². The maximum atomic E-state index is 10.2. The lowest BCUT2D eigenvalue weighted by molar-refractivity contribution is -0.0205. The summed E-state index contributed by atoms with van der Waals surface area (Å²) in [6.07, 6.45) is 7.25. The van der Waals surface area contributed by atoms with Crippen LogP contribution >= 0.6 is 0 Å². The van der Waals surface area contributed by atoms with Crippen molar-refractivity contribution in [3.8, 4) is 0 Å². The molecule has 0 aromatic carbocycles. The molecule has 1 saturated carbocycles. The van der Waals surface area contributed by atoms with Gasteiger partial charge in [0.15, 0.2) is 0 Å². The molecule has 1 aliphatic heterocycles. The highest BCUT2D eigenvalue weighted by molar-refractivity contribution is 4.90. The molecule has 2 rings (SSSR count). The Hall–Kier alpha value is -0.0800. The van der Waals surface area contributed by atoms with Gasteiger partial charge in [-0.25, -0.2) is 0 Å². The number of nitrogens with zero attached hydrogens (tertiary/aromatic N) is 1. The zero-order chi connectivity index (χ0) is 12.5. The van der Waals surface area contributed by atoms with Gasteiger partial charge < -0.3 is 5.11 Å². The predicted octanol–water partition coefficient (Wildman–Crippen LogP) is 3.05. The molecule has 1 aliphatic carbocycles. The molecule has 0 amide bonds. The molecule has 0 radical (unpaired) electrons. The van der Waals surface area contributed by atoms with Crippen molar-refractivity contribution >= 4 is 0 Å². The SMILES string of the molecule is CCC1(C)CCN(C2CC(C)CCC2O)CC1. The quantitative estimate of drug-likeness (QED) is 0.800. The Morgan fingerprint density at radius 1 is 1.24 bits per heavy atom. The van der Waals surface area contributed by atoms with E-state index < -0.39 is 0 Å². The van der Waals surface area contributed by atoms with Crippen LogP contribution in [0.15, 0.2) is 0 Å². The standard InChI is InChI=1S/C15H29NO/c1-4-15(3)7-9-16(10-8-15)13-11-12(2)5-6-14(13)17/h12-14,17H,4-11H2,1-3H3. The summed E-state index contributed by atoms with van der Waals surface area (Å²) in [4.78, 5) is 2.57. The fourth-order valence-corrected chi connectivity index (χ4v) is 3.48. The lowest BCUT2D eigenvalue weighted by Gasteiger charge is -2.46. The van der Waals surface area contributed by atoms with Gasteiger partial charge in [0.1, 0.15) is 0 Å². The largest absolute Gasteiger partial charge is 0.391 e. The number of piperidine rings is 1. The van der Waals surface area contributed by atoms with Crippen LogP contribution < -0.4 is 0 Å². The number of hydrogen-bond donors (Lipinski definition) is 1. The van der Waals surface area contributed by atoms with Crippen LogP contribution in [-0.4, -0.2) is 35.2 Å². The fourth-order valence-electron chi connectivity index (χ4n) is 3.48. The molecule has 100 valence electrons. The minimum Gasteiger partial charge on any atom is -0.391 e. The molecule has 3 unspecified atom stereocenters. The Kier molecular flexibility index (Phi) is 4.14. The van der Waals surface area contributed by atoms with Gasteiger partial charge in [-0.05, 0) is 56.5 Å². The summed E-state index contributed by atoms with van der Waals surface area (Å²) >= 11 is 0. The molecule has 1 N–H and O–H groups in total. The van der Waals surface area contributed by atoms with Gasteiger partial charge in [-0.2, -0.15) is 0 Å². The maximum absolute atomic E-state index is 10.2. The van der Waals surface area contributed by atoms with Gasteiger partial charge in [-0.15, -0.1) is 0 Å². The van der Waals surface area contributed by atoms with E-state index in [0.29, 0.717) is 11.5 Å². The zero-order valence-corrected chi connectivity index (χ0v) is 11.8. The van der Waals surface area contributed by atoms with Crippen molar-refractivity contribution in [1.82, 2.24) is 4.90 Å². The van der Waals surface area contributed by atoms with Crippen molar-refractivity contribution in [2.24, 2.45) is 11.3 Å². The van der Waals surface area contributed by atoms with Crippen molar-refractivity contribution < 1.29 is 5.11 Å². The lowest BCUT2D eigenvalue weighted by atomic mass is 9.76. The number of rotatable bonds is 2. The molecule has 0 spiro atoms. The normalized spacial score (nSPS) is 39.2. The van der Waals surface area contributed by atoms with E-state index in [1.54, 1.807) is 0 Å². The molecule has 2 nitrogen and oxygen atoms in total. The Morgan fingerprint density at radius 3 is 2.47 bits per heavy atom. The van der Waals surface area contributed by atoms with Crippen LogP contribution in [0.3, 0.4) is 0 Å². The van der Waals surface area contributed by atoms with E-state index in [0.717, 1.165) is 12.3 Å². The highest BCUT2D eigenvalue weighted by atomic mass is 16.3. The fraction of sp³-hybridized carbons (Fsp3) is 1.00. The second-order valence-corrected chi connectivity index (χ2v) is 6.75. The highest BCUT2D eigenvalue weighted by Crippen LogP contribution is 2.37. The molecule has 0 aromatic heterocycles. The van der Waals surface area contributed by atoms with E-state index in [4.69, 9.17) is 0 Å².